The molecule has 1 aromatic carbocycles. The Hall–Kier alpha value is -1.69. The maximum atomic E-state index is 11.0. The lowest BCUT2D eigenvalue weighted by Gasteiger charge is -1.97. The maximum absolute atomic E-state index is 11.0. The van der Waals surface area contributed by atoms with Crippen molar-refractivity contribution in [2.45, 2.75) is 0 Å². The molecule has 0 fully saturated rings. The van der Waals surface area contributed by atoms with Crippen LogP contribution in [0.3, 0.4) is 0 Å². The average molecular weight is 267 g/mol. The number of halogens is 1. The monoisotopic (exact) mass is 266 g/mol. The third kappa shape index (κ3) is 1.89. The fourth-order valence-corrected chi connectivity index (χ4v) is 1.48. The van der Waals surface area contributed by atoms with E-state index in [1.54, 1.807) is 0 Å². The minimum Gasteiger partial charge on any atom is -0.364 e. The molecule has 2 rings (SSSR count). The molecule has 1 aromatic heterocycles. The molecule has 0 aliphatic carbocycles. The van der Waals surface area contributed by atoms with Crippen LogP contribution in [0.1, 0.15) is 10.5 Å². The molecule has 1 amide bonds. The molecule has 2 aromatic rings. The van der Waals surface area contributed by atoms with E-state index in [0.29, 0.717) is 5.69 Å². The first-order valence-corrected chi connectivity index (χ1v) is 4.94. The summed E-state index contributed by atoms with van der Waals surface area (Å²) >= 11 is 3.32. The Kier molecular flexibility index (Phi) is 2.51. The van der Waals surface area contributed by atoms with Gasteiger partial charge < -0.3 is 5.73 Å². The number of carbonyl (C=O) groups is 1. The van der Waals surface area contributed by atoms with Gasteiger partial charge in [0.15, 0.2) is 5.69 Å². The number of nitrogens with one attached hydrogen (secondary N) is 1. The zero-order valence-corrected chi connectivity index (χ0v) is 9.15. The number of rotatable bonds is 2. The van der Waals surface area contributed by atoms with Gasteiger partial charge >= 0.3 is 0 Å². The Labute approximate surface area is 93.8 Å². The number of nitrogens with zero attached hydrogens (tertiary/aromatic N) is 2. The summed E-state index contributed by atoms with van der Waals surface area (Å²) in [7, 11) is 0. The van der Waals surface area contributed by atoms with Crippen LogP contribution < -0.4 is 5.73 Å². The summed E-state index contributed by atoms with van der Waals surface area (Å²) in [4.78, 5) is 11.0. The summed E-state index contributed by atoms with van der Waals surface area (Å²) in [5.41, 5.74) is 6.57. The summed E-state index contributed by atoms with van der Waals surface area (Å²) < 4.78 is 0.954. The van der Waals surface area contributed by atoms with Gasteiger partial charge in [0, 0.05) is 10.0 Å². The zero-order valence-electron chi connectivity index (χ0n) is 7.57. The van der Waals surface area contributed by atoms with Gasteiger partial charge in [-0.05, 0) is 12.1 Å². The van der Waals surface area contributed by atoms with Crippen LogP contribution in [0.2, 0.25) is 0 Å². The number of aromatic nitrogens is 3. The van der Waals surface area contributed by atoms with E-state index in [1.807, 2.05) is 24.3 Å². The number of benzene rings is 1. The number of aromatic amines is 1. The van der Waals surface area contributed by atoms with Crippen LogP contribution in [0, 0.1) is 0 Å². The van der Waals surface area contributed by atoms with Gasteiger partial charge in [0.05, 0.1) is 0 Å². The molecule has 0 spiro atoms. The SMILES string of the molecule is NC(=O)c1n[nH]nc1-c1ccc(Br)cc1. The van der Waals surface area contributed by atoms with Crippen molar-refractivity contribution in [3.8, 4) is 11.3 Å². The van der Waals surface area contributed by atoms with Gasteiger partial charge in [-0.15, -0.1) is 0 Å². The number of H-pyrrole nitrogens is 1. The van der Waals surface area contributed by atoms with Crippen molar-refractivity contribution in [1.82, 2.24) is 15.4 Å². The Bertz CT molecular complexity index is 491. The number of carbonyl (C=O) groups excluding carboxylic acids is 1. The van der Waals surface area contributed by atoms with Gasteiger partial charge in [-0.1, -0.05) is 28.1 Å². The highest BCUT2D eigenvalue weighted by molar-refractivity contribution is 9.10. The van der Waals surface area contributed by atoms with E-state index in [9.17, 15) is 4.79 Å². The van der Waals surface area contributed by atoms with Gasteiger partial charge in [-0.3, -0.25) is 4.79 Å². The highest BCUT2D eigenvalue weighted by Crippen LogP contribution is 2.21. The molecule has 0 radical (unpaired) electrons. The van der Waals surface area contributed by atoms with E-state index in [0.717, 1.165) is 10.0 Å². The van der Waals surface area contributed by atoms with Gasteiger partial charge in [0.25, 0.3) is 5.91 Å². The van der Waals surface area contributed by atoms with Crippen LogP contribution in [0.4, 0.5) is 0 Å². The van der Waals surface area contributed by atoms with Crippen LogP contribution in [0.5, 0.6) is 0 Å². The molecule has 15 heavy (non-hydrogen) atoms. The lowest BCUT2D eigenvalue weighted by atomic mass is 10.1. The molecule has 1 heterocycles. The highest BCUT2D eigenvalue weighted by atomic mass is 79.9. The van der Waals surface area contributed by atoms with Crippen molar-refractivity contribution in [2.75, 3.05) is 0 Å². The summed E-state index contributed by atoms with van der Waals surface area (Å²) in [6, 6.07) is 7.37. The Morgan fingerprint density at radius 1 is 1.27 bits per heavy atom. The minimum absolute atomic E-state index is 0.150. The van der Waals surface area contributed by atoms with Crippen LogP contribution in [0.25, 0.3) is 11.3 Å². The molecule has 0 bridgehead atoms. The zero-order chi connectivity index (χ0) is 10.8. The van der Waals surface area contributed by atoms with Gasteiger partial charge in [0.2, 0.25) is 0 Å². The maximum Gasteiger partial charge on any atom is 0.271 e. The van der Waals surface area contributed by atoms with Crippen LogP contribution in [-0.4, -0.2) is 21.3 Å². The lowest BCUT2D eigenvalue weighted by Crippen LogP contribution is -2.12. The van der Waals surface area contributed by atoms with Crippen LogP contribution in [0.15, 0.2) is 28.7 Å². The number of amides is 1. The Morgan fingerprint density at radius 3 is 2.53 bits per heavy atom. The third-order valence-corrected chi connectivity index (χ3v) is 2.43. The van der Waals surface area contributed by atoms with Crippen LogP contribution in [-0.2, 0) is 0 Å². The standard InChI is InChI=1S/C9H7BrN4O/c10-6-3-1-5(2-4-6)7-8(9(11)15)13-14-12-7/h1-4H,(H2,11,15)(H,12,13,14). The molecular formula is C9H7BrN4O. The molecule has 5 nitrogen and oxygen atoms in total. The van der Waals surface area contributed by atoms with E-state index in [-0.39, 0.29) is 5.69 Å². The highest BCUT2D eigenvalue weighted by Gasteiger charge is 2.14. The number of hydrogen-bond donors (Lipinski definition) is 2. The van der Waals surface area contributed by atoms with Crippen molar-refractivity contribution in [1.29, 1.82) is 0 Å². The number of primary amides is 1. The van der Waals surface area contributed by atoms with Crippen molar-refractivity contribution < 1.29 is 4.79 Å². The molecule has 6 heteroatoms. The van der Waals surface area contributed by atoms with E-state index >= 15 is 0 Å². The predicted molar refractivity (Wildman–Crippen MR) is 58.0 cm³/mol. The molecule has 0 saturated heterocycles. The summed E-state index contributed by atoms with van der Waals surface area (Å²) in [5, 5.41) is 9.96. The Morgan fingerprint density at radius 2 is 1.93 bits per heavy atom. The van der Waals surface area contributed by atoms with Gasteiger partial charge in [-0.25, -0.2) is 0 Å². The smallest absolute Gasteiger partial charge is 0.271 e. The fraction of sp³-hybridized carbons (Fsp3) is 0. The van der Waals surface area contributed by atoms with Gasteiger partial charge in [0.1, 0.15) is 5.69 Å². The topological polar surface area (TPSA) is 84.7 Å². The molecule has 0 atom stereocenters. The van der Waals surface area contributed by atoms with Gasteiger partial charge in [-0.2, -0.15) is 15.4 Å². The molecular weight excluding hydrogens is 260 g/mol. The predicted octanol–water partition coefficient (Wildman–Crippen LogP) is 1.33. The van der Waals surface area contributed by atoms with Crippen LogP contribution >= 0.6 is 15.9 Å². The number of nitrogens with two attached hydrogens (primary N) is 1. The first-order chi connectivity index (χ1) is 7.18. The quantitative estimate of drug-likeness (QED) is 0.860. The molecule has 0 saturated carbocycles. The van der Waals surface area contributed by atoms with E-state index < -0.39 is 5.91 Å². The first kappa shape index (κ1) is 9.85. The van der Waals surface area contributed by atoms with E-state index in [1.165, 1.54) is 0 Å². The second-order valence-electron chi connectivity index (χ2n) is 2.89. The van der Waals surface area contributed by atoms with Crippen molar-refractivity contribution >= 4 is 21.8 Å². The third-order valence-electron chi connectivity index (χ3n) is 1.90. The average Bonchev–Trinajstić information content (AvgIpc) is 2.67. The Balaban J connectivity index is 2.49. The number of hydrogen-bond acceptors (Lipinski definition) is 3. The van der Waals surface area contributed by atoms with E-state index in [4.69, 9.17) is 5.73 Å². The summed E-state index contributed by atoms with van der Waals surface area (Å²) in [6.07, 6.45) is 0. The normalized spacial score (nSPS) is 10.2. The second kappa shape index (κ2) is 3.82. The lowest BCUT2D eigenvalue weighted by molar-refractivity contribution is 0.0996. The molecule has 3 N–H and O–H groups in total. The van der Waals surface area contributed by atoms with Crippen molar-refractivity contribution in [3.63, 3.8) is 0 Å². The molecule has 0 aliphatic rings. The molecule has 76 valence electrons. The first-order valence-electron chi connectivity index (χ1n) is 4.15. The fourth-order valence-electron chi connectivity index (χ4n) is 1.21. The second-order valence-corrected chi connectivity index (χ2v) is 3.81. The summed E-state index contributed by atoms with van der Waals surface area (Å²) in [6.45, 7) is 0. The molecule has 0 unspecified atom stereocenters. The van der Waals surface area contributed by atoms with Crippen molar-refractivity contribution in [3.05, 3.63) is 34.4 Å². The molecule has 0 aliphatic heterocycles. The van der Waals surface area contributed by atoms with E-state index in [2.05, 4.69) is 31.3 Å². The summed E-state index contributed by atoms with van der Waals surface area (Å²) in [5.74, 6) is -0.596. The van der Waals surface area contributed by atoms with Crippen molar-refractivity contribution in [2.24, 2.45) is 5.73 Å². The minimum atomic E-state index is -0.596. The largest absolute Gasteiger partial charge is 0.364 e.